The highest BCUT2D eigenvalue weighted by Crippen LogP contribution is 2.27. The van der Waals surface area contributed by atoms with Crippen LogP contribution in [0.1, 0.15) is 43.3 Å². The van der Waals surface area contributed by atoms with E-state index in [-0.39, 0.29) is 11.9 Å². The molecule has 21 heavy (non-hydrogen) atoms. The van der Waals surface area contributed by atoms with E-state index >= 15 is 0 Å². The number of nitrogens with one attached hydrogen (secondary N) is 1. The Morgan fingerprint density at radius 1 is 1.33 bits per heavy atom. The highest BCUT2D eigenvalue weighted by atomic mass is 35.5. The van der Waals surface area contributed by atoms with Gasteiger partial charge in [0.2, 0.25) is 0 Å². The SMILES string of the molecule is CCCNC(c1ccc(Cl)cc1F)c1cc(CC)nn1C. The molecule has 0 fully saturated rings. The Morgan fingerprint density at radius 2 is 2.10 bits per heavy atom. The largest absolute Gasteiger partial charge is 0.305 e. The molecule has 1 N–H and O–H groups in total. The van der Waals surface area contributed by atoms with Crippen LogP contribution < -0.4 is 5.32 Å². The van der Waals surface area contributed by atoms with Crippen LogP contribution in [0.5, 0.6) is 0 Å². The predicted molar refractivity (Wildman–Crippen MR) is 84.1 cm³/mol. The molecule has 5 heteroatoms. The summed E-state index contributed by atoms with van der Waals surface area (Å²) in [7, 11) is 1.89. The summed E-state index contributed by atoms with van der Waals surface area (Å²) in [4.78, 5) is 0. The van der Waals surface area contributed by atoms with Gasteiger partial charge in [-0.05, 0) is 37.6 Å². The van der Waals surface area contributed by atoms with Crippen LogP contribution in [0, 0.1) is 5.82 Å². The van der Waals surface area contributed by atoms with Crippen LogP contribution in [0.4, 0.5) is 4.39 Å². The van der Waals surface area contributed by atoms with Crippen LogP contribution >= 0.6 is 11.6 Å². The molecule has 0 aliphatic heterocycles. The predicted octanol–water partition coefficient (Wildman–Crippen LogP) is 3.86. The van der Waals surface area contributed by atoms with Gasteiger partial charge in [0.25, 0.3) is 0 Å². The molecule has 0 spiro atoms. The number of hydrogen-bond acceptors (Lipinski definition) is 2. The molecule has 2 aromatic rings. The van der Waals surface area contributed by atoms with Crippen molar-refractivity contribution in [1.82, 2.24) is 15.1 Å². The quantitative estimate of drug-likeness (QED) is 0.878. The summed E-state index contributed by atoms with van der Waals surface area (Å²) >= 11 is 5.85. The minimum absolute atomic E-state index is 0.222. The molecule has 0 aliphatic carbocycles. The van der Waals surface area contributed by atoms with Gasteiger partial charge in [-0.2, -0.15) is 5.10 Å². The van der Waals surface area contributed by atoms with E-state index in [1.807, 2.05) is 17.8 Å². The van der Waals surface area contributed by atoms with Crippen LogP contribution in [0.15, 0.2) is 24.3 Å². The van der Waals surface area contributed by atoms with E-state index in [0.717, 1.165) is 30.8 Å². The maximum atomic E-state index is 14.3. The van der Waals surface area contributed by atoms with Crippen LogP contribution in [-0.2, 0) is 13.5 Å². The first kappa shape index (κ1) is 16.0. The van der Waals surface area contributed by atoms with Crippen LogP contribution in [0.3, 0.4) is 0 Å². The van der Waals surface area contributed by atoms with E-state index in [1.54, 1.807) is 12.1 Å². The van der Waals surface area contributed by atoms with Crippen molar-refractivity contribution in [3.63, 3.8) is 0 Å². The van der Waals surface area contributed by atoms with E-state index in [9.17, 15) is 4.39 Å². The third-order valence-corrected chi connectivity index (χ3v) is 3.73. The Kier molecular flexibility index (Phi) is 5.37. The maximum Gasteiger partial charge on any atom is 0.129 e. The summed E-state index contributed by atoms with van der Waals surface area (Å²) in [6, 6.07) is 6.62. The van der Waals surface area contributed by atoms with Crippen molar-refractivity contribution in [1.29, 1.82) is 0 Å². The molecule has 0 bridgehead atoms. The summed E-state index contributed by atoms with van der Waals surface area (Å²) in [5.74, 6) is -0.296. The third-order valence-electron chi connectivity index (χ3n) is 3.50. The fourth-order valence-corrected chi connectivity index (χ4v) is 2.54. The van der Waals surface area contributed by atoms with Crippen molar-refractivity contribution >= 4 is 11.6 Å². The molecule has 3 nitrogen and oxygen atoms in total. The first-order valence-corrected chi connectivity index (χ1v) is 7.65. The Hall–Kier alpha value is -1.39. The molecular formula is C16H21ClFN3. The van der Waals surface area contributed by atoms with Gasteiger partial charge in [-0.15, -0.1) is 0 Å². The second-order valence-electron chi connectivity index (χ2n) is 5.09. The minimum Gasteiger partial charge on any atom is -0.305 e. The zero-order valence-corrected chi connectivity index (χ0v) is 13.4. The number of nitrogens with zero attached hydrogens (tertiary/aromatic N) is 2. The Labute approximate surface area is 130 Å². The average Bonchev–Trinajstić information content (AvgIpc) is 2.82. The summed E-state index contributed by atoms with van der Waals surface area (Å²) in [6.45, 7) is 4.95. The number of aryl methyl sites for hydroxylation is 2. The fraction of sp³-hybridized carbons (Fsp3) is 0.438. The molecule has 0 amide bonds. The maximum absolute atomic E-state index is 14.3. The molecule has 1 unspecified atom stereocenters. The molecule has 0 saturated carbocycles. The van der Waals surface area contributed by atoms with Crippen molar-refractivity contribution in [3.05, 3.63) is 52.1 Å². The van der Waals surface area contributed by atoms with Gasteiger partial charge in [-0.25, -0.2) is 4.39 Å². The van der Waals surface area contributed by atoms with E-state index in [4.69, 9.17) is 11.6 Å². The molecule has 1 atom stereocenters. The lowest BCUT2D eigenvalue weighted by Gasteiger charge is -2.20. The normalized spacial score (nSPS) is 12.6. The van der Waals surface area contributed by atoms with Crippen molar-refractivity contribution in [2.45, 2.75) is 32.7 Å². The molecule has 2 rings (SSSR count). The van der Waals surface area contributed by atoms with Gasteiger partial charge < -0.3 is 5.32 Å². The highest BCUT2D eigenvalue weighted by Gasteiger charge is 2.21. The van der Waals surface area contributed by atoms with Crippen LogP contribution in [-0.4, -0.2) is 16.3 Å². The van der Waals surface area contributed by atoms with E-state index in [1.165, 1.54) is 6.07 Å². The van der Waals surface area contributed by atoms with Crippen molar-refractivity contribution in [2.75, 3.05) is 6.54 Å². The number of rotatable bonds is 6. The average molecular weight is 310 g/mol. The smallest absolute Gasteiger partial charge is 0.129 e. The molecule has 0 saturated heterocycles. The van der Waals surface area contributed by atoms with Crippen molar-refractivity contribution in [2.24, 2.45) is 7.05 Å². The number of aromatic nitrogens is 2. The third kappa shape index (κ3) is 3.63. The Morgan fingerprint density at radius 3 is 2.67 bits per heavy atom. The number of halogens is 2. The Balaban J connectivity index is 2.44. The topological polar surface area (TPSA) is 29.9 Å². The first-order chi connectivity index (χ1) is 10.1. The highest BCUT2D eigenvalue weighted by molar-refractivity contribution is 6.30. The Bertz CT molecular complexity index is 610. The molecule has 1 aromatic carbocycles. The van der Waals surface area contributed by atoms with E-state index in [2.05, 4.69) is 24.3 Å². The minimum atomic E-state index is -0.296. The molecule has 0 radical (unpaired) electrons. The van der Waals surface area contributed by atoms with Gasteiger partial charge in [-0.1, -0.05) is 31.5 Å². The van der Waals surface area contributed by atoms with Gasteiger partial charge >= 0.3 is 0 Å². The summed E-state index contributed by atoms with van der Waals surface area (Å²) in [6.07, 6.45) is 1.83. The first-order valence-electron chi connectivity index (χ1n) is 7.28. The number of hydrogen-bond donors (Lipinski definition) is 1. The summed E-state index contributed by atoms with van der Waals surface area (Å²) < 4.78 is 16.1. The molecule has 0 aliphatic rings. The summed E-state index contributed by atoms with van der Waals surface area (Å²) in [5.41, 5.74) is 2.56. The fourth-order valence-electron chi connectivity index (χ4n) is 2.38. The van der Waals surface area contributed by atoms with Gasteiger partial charge in [0.05, 0.1) is 17.4 Å². The molecule has 1 aromatic heterocycles. The van der Waals surface area contributed by atoms with Crippen molar-refractivity contribution in [3.8, 4) is 0 Å². The standard InChI is InChI=1S/C16H21ClFN3/c1-4-8-19-16(13-7-6-11(17)9-14(13)18)15-10-12(5-2)20-21(15)3/h6-7,9-10,16,19H,4-5,8H2,1-3H3. The van der Waals surface area contributed by atoms with Crippen molar-refractivity contribution < 1.29 is 4.39 Å². The lowest BCUT2D eigenvalue weighted by molar-refractivity contribution is 0.520. The lowest BCUT2D eigenvalue weighted by atomic mass is 10.0. The van der Waals surface area contributed by atoms with E-state index in [0.29, 0.717) is 10.6 Å². The molecule has 114 valence electrons. The second kappa shape index (κ2) is 7.05. The monoisotopic (exact) mass is 309 g/mol. The van der Waals surface area contributed by atoms with E-state index < -0.39 is 0 Å². The van der Waals surface area contributed by atoms with Gasteiger partial charge in [-0.3, -0.25) is 4.68 Å². The molecule has 1 heterocycles. The van der Waals surface area contributed by atoms with Crippen LogP contribution in [0.2, 0.25) is 5.02 Å². The lowest BCUT2D eigenvalue weighted by Crippen LogP contribution is -2.26. The van der Waals surface area contributed by atoms with Crippen LogP contribution in [0.25, 0.3) is 0 Å². The number of benzene rings is 1. The second-order valence-corrected chi connectivity index (χ2v) is 5.53. The van der Waals surface area contributed by atoms with Gasteiger partial charge in [0.1, 0.15) is 5.82 Å². The zero-order chi connectivity index (χ0) is 15.4. The zero-order valence-electron chi connectivity index (χ0n) is 12.7. The van der Waals surface area contributed by atoms with Gasteiger partial charge in [0, 0.05) is 17.6 Å². The molecular weight excluding hydrogens is 289 g/mol. The summed E-state index contributed by atoms with van der Waals surface area (Å²) in [5, 5.41) is 8.26. The van der Waals surface area contributed by atoms with Gasteiger partial charge in [0.15, 0.2) is 0 Å².